The zero-order valence-electron chi connectivity index (χ0n) is 10.7. The third-order valence-corrected chi connectivity index (χ3v) is 4.37. The van der Waals surface area contributed by atoms with Crippen LogP contribution < -0.4 is 10.2 Å². The standard InChI is InChI=1S/C14H21BrN2/c1-3-11-6-7-17(10-11)13-5-4-12(9-16-2)14(15)8-13/h4-5,8,11,16H,3,6-7,9-10H2,1-2H3. The first kappa shape index (κ1) is 12.9. The van der Waals surface area contributed by atoms with Gasteiger partial charge in [0.25, 0.3) is 0 Å². The van der Waals surface area contributed by atoms with Crippen molar-refractivity contribution >= 4 is 21.6 Å². The van der Waals surface area contributed by atoms with Crippen LogP contribution in [0.2, 0.25) is 0 Å². The number of nitrogens with zero attached hydrogens (tertiary/aromatic N) is 1. The summed E-state index contributed by atoms with van der Waals surface area (Å²) >= 11 is 3.66. The van der Waals surface area contributed by atoms with E-state index in [0.29, 0.717) is 0 Å². The molecule has 1 aromatic rings. The summed E-state index contributed by atoms with van der Waals surface area (Å²) < 4.78 is 1.21. The molecule has 1 atom stereocenters. The van der Waals surface area contributed by atoms with Crippen molar-refractivity contribution in [1.82, 2.24) is 5.32 Å². The first-order valence-electron chi connectivity index (χ1n) is 6.42. The van der Waals surface area contributed by atoms with Crippen molar-refractivity contribution in [2.45, 2.75) is 26.3 Å². The molecule has 1 aromatic carbocycles. The van der Waals surface area contributed by atoms with Crippen LogP contribution in [-0.2, 0) is 6.54 Å². The van der Waals surface area contributed by atoms with E-state index in [1.807, 2.05) is 7.05 Å². The first-order chi connectivity index (χ1) is 8.24. The topological polar surface area (TPSA) is 15.3 Å². The summed E-state index contributed by atoms with van der Waals surface area (Å²) in [5.74, 6) is 0.880. The van der Waals surface area contributed by atoms with Gasteiger partial charge in [-0.1, -0.05) is 35.3 Å². The molecule has 0 spiro atoms. The number of benzene rings is 1. The van der Waals surface area contributed by atoms with E-state index < -0.39 is 0 Å². The fraction of sp³-hybridized carbons (Fsp3) is 0.571. The second-order valence-corrected chi connectivity index (χ2v) is 5.67. The minimum atomic E-state index is 0.880. The van der Waals surface area contributed by atoms with E-state index in [-0.39, 0.29) is 0 Å². The van der Waals surface area contributed by atoms with Gasteiger partial charge in [0.2, 0.25) is 0 Å². The van der Waals surface area contributed by atoms with Gasteiger partial charge in [0.15, 0.2) is 0 Å². The smallest absolute Gasteiger partial charge is 0.0377 e. The van der Waals surface area contributed by atoms with E-state index in [2.05, 4.69) is 51.3 Å². The van der Waals surface area contributed by atoms with Gasteiger partial charge in [0.05, 0.1) is 0 Å². The lowest BCUT2D eigenvalue weighted by molar-refractivity contribution is 0.569. The lowest BCUT2D eigenvalue weighted by Crippen LogP contribution is -2.19. The molecule has 1 N–H and O–H groups in total. The van der Waals surface area contributed by atoms with Gasteiger partial charge in [0.1, 0.15) is 0 Å². The maximum Gasteiger partial charge on any atom is 0.0377 e. The lowest BCUT2D eigenvalue weighted by atomic mass is 10.1. The van der Waals surface area contributed by atoms with Gasteiger partial charge in [-0.2, -0.15) is 0 Å². The van der Waals surface area contributed by atoms with E-state index in [4.69, 9.17) is 0 Å². The average molecular weight is 297 g/mol. The summed E-state index contributed by atoms with van der Waals surface area (Å²) in [6.45, 7) is 5.63. The summed E-state index contributed by atoms with van der Waals surface area (Å²) in [7, 11) is 1.98. The molecule has 1 fully saturated rings. The van der Waals surface area contributed by atoms with Crippen LogP contribution in [0.25, 0.3) is 0 Å². The summed E-state index contributed by atoms with van der Waals surface area (Å²) in [5.41, 5.74) is 2.68. The number of rotatable bonds is 4. The maximum absolute atomic E-state index is 3.66. The molecule has 0 radical (unpaired) electrons. The number of hydrogen-bond acceptors (Lipinski definition) is 2. The Kier molecular flexibility index (Phi) is 4.46. The van der Waals surface area contributed by atoms with E-state index in [0.717, 1.165) is 12.5 Å². The third-order valence-electron chi connectivity index (χ3n) is 3.63. The molecule has 0 saturated carbocycles. The molecule has 3 heteroatoms. The molecule has 0 aliphatic carbocycles. The Morgan fingerprint density at radius 2 is 2.29 bits per heavy atom. The van der Waals surface area contributed by atoms with Crippen molar-refractivity contribution in [2.24, 2.45) is 5.92 Å². The minimum Gasteiger partial charge on any atom is -0.371 e. The Bertz CT molecular complexity index is 378. The molecule has 1 saturated heterocycles. The number of nitrogens with one attached hydrogen (secondary N) is 1. The zero-order chi connectivity index (χ0) is 12.3. The van der Waals surface area contributed by atoms with Crippen molar-refractivity contribution in [1.29, 1.82) is 0 Å². The highest BCUT2D eigenvalue weighted by atomic mass is 79.9. The van der Waals surface area contributed by atoms with Gasteiger partial charge < -0.3 is 10.2 Å². The molecule has 0 aromatic heterocycles. The van der Waals surface area contributed by atoms with Gasteiger partial charge in [0, 0.05) is 29.8 Å². The average Bonchev–Trinajstić information content (AvgIpc) is 2.80. The van der Waals surface area contributed by atoms with Crippen molar-refractivity contribution < 1.29 is 0 Å². The highest BCUT2D eigenvalue weighted by Gasteiger charge is 2.21. The zero-order valence-corrected chi connectivity index (χ0v) is 12.3. The van der Waals surface area contributed by atoms with Crippen molar-refractivity contribution in [3.63, 3.8) is 0 Å². The second-order valence-electron chi connectivity index (χ2n) is 4.82. The van der Waals surface area contributed by atoms with Gasteiger partial charge in [-0.05, 0) is 37.1 Å². The Labute approximate surface area is 113 Å². The SMILES string of the molecule is CCC1CCN(c2ccc(CNC)c(Br)c2)C1. The van der Waals surface area contributed by atoms with Crippen LogP contribution in [0.5, 0.6) is 0 Å². The Morgan fingerprint density at radius 1 is 1.47 bits per heavy atom. The summed E-state index contributed by atoms with van der Waals surface area (Å²) in [6, 6.07) is 6.72. The van der Waals surface area contributed by atoms with E-state index in [1.54, 1.807) is 0 Å². The molecule has 1 aliphatic heterocycles. The molecule has 1 unspecified atom stereocenters. The van der Waals surface area contributed by atoms with Gasteiger partial charge >= 0.3 is 0 Å². The highest BCUT2D eigenvalue weighted by molar-refractivity contribution is 9.10. The predicted octanol–water partition coefficient (Wildman–Crippen LogP) is 3.40. The van der Waals surface area contributed by atoms with Crippen LogP contribution in [0.4, 0.5) is 5.69 Å². The van der Waals surface area contributed by atoms with Gasteiger partial charge in [-0.3, -0.25) is 0 Å². The molecule has 2 nitrogen and oxygen atoms in total. The highest BCUT2D eigenvalue weighted by Crippen LogP contribution is 2.29. The van der Waals surface area contributed by atoms with Crippen LogP contribution in [-0.4, -0.2) is 20.1 Å². The number of hydrogen-bond donors (Lipinski definition) is 1. The van der Waals surface area contributed by atoms with Crippen LogP contribution in [0, 0.1) is 5.92 Å². The van der Waals surface area contributed by atoms with Crippen LogP contribution in [0.1, 0.15) is 25.3 Å². The normalized spacial score (nSPS) is 19.9. The van der Waals surface area contributed by atoms with Gasteiger partial charge in [-0.15, -0.1) is 0 Å². The second kappa shape index (κ2) is 5.87. The molecule has 0 bridgehead atoms. The summed E-state index contributed by atoms with van der Waals surface area (Å²) in [6.07, 6.45) is 2.64. The number of anilines is 1. The molecular weight excluding hydrogens is 276 g/mol. The predicted molar refractivity (Wildman–Crippen MR) is 77.5 cm³/mol. The Hall–Kier alpha value is -0.540. The van der Waals surface area contributed by atoms with Crippen molar-refractivity contribution in [2.75, 3.05) is 25.0 Å². The summed E-state index contributed by atoms with van der Waals surface area (Å²) in [4.78, 5) is 2.50. The molecule has 94 valence electrons. The molecule has 17 heavy (non-hydrogen) atoms. The summed E-state index contributed by atoms with van der Waals surface area (Å²) in [5, 5.41) is 3.19. The molecule has 1 aliphatic rings. The number of halogens is 1. The van der Waals surface area contributed by atoms with E-state index in [1.165, 1.54) is 41.7 Å². The van der Waals surface area contributed by atoms with E-state index >= 15 is 0 Å². The molecule has 0 amide bonds. The Balaban J connectivity index is 2.09. The minimum absolute atomic E-state index is 0.880. The Morgan fingerprint density at radius 3 is 2.88 bits per heavy atom. The first-order valence-corrected chi connectivity index (χ1v) is 7.22. The maximum atomic E-state index is 3.66. The fourth-order valence-electron chi connectivity index (χ4n) is 2.47. The van der Waals surface area contributed by atoms with Crippen LogP contribution in [0.3, 0.4) is 0 Å². The van der Waals surface area contributed by atoms with Crippen molar-refractivity contribution in [3.8, 4) is 0 Å². The van der Waals surface area contributed by atoms with Crippen LogP contribution in [0.15, 0.2) is 22.7 Å². The molecule has 1 heterocycles. The largest absolute Gasteiger partial charge is 0.371 e. The van der Waals surface area contributed by atoms with Crippen LogP contribution >= 0.6 is 15.9 Å². The fourth-order valence-corrected chi connectivity index (χ4v) is 2.97. The van der Waals surface area contributed by atoms with Gasteiger partial charge in [-0.25, -0.2) is 0 Å². The molecular formula is C14H21BrN2. The van der Waals surface area contributed by atoms with Crippen molar-refractivity contribution in [3.05, 3.63) is 28.2 Å². The monoisotopic (exact) mass is 296 g/mol. The third kappa shape index (κ3) is 3.02. The lowest BCUT2D eigenvalue weighted by Gasteiger charge is -2.19. The quantitative estimate of drug-likeness (QED) is 0.916. The molecule has 2 rings (SSSR count). The van der Waals surface area contributed by atoms with E-state index in [9.17, 15) is 0 Å².